The van der Waals surface area contributed by atoms with Gasteiger partial charge in [-0.1, -0.05) is 19.1 Å². The number of nitrogens with one attached hydrogen (secondary N) is 2. The summed E-state index contributed by atoms with van der Waals surface area (Å²) in [6.07, 6.45) is 4.10. The molecule has 1 aromatic carbocycles. The molecule has 7 nitrogen and oxygen atoms in total. The van der Waals surface area contributed by atoms with Crippen molar-refractivity contribution in [3.8, 4) is 0 Å². The Labute approximate surface area is 140 Å². The van der Waals surface area contributed by atoms with Gasteiger partial charge in [0.2, 0.25) is 0 Å². The fourth-order valence-electron chi connectivity index (χ4n) is 2.88. The van der Waals surface area contributed by atoms with Crippen molar-refractivity contribution in [1.29, 1.82) is 0 Å². The number of carbonyl (C=O) groups is 3. The molecule has 0 spiro atoms. The van der Waals surface area contributed by atoms with Gasteiger partial charge in [-0.25, -0.2) is 5.84 Å². The summed E-state index contributed by atoms with van der Waals surface area (Å²) in [4.78, 5) is 33.8. The quantitative estimate of drug-likeness (QED) is 0.255. The van der Waals surface area contributed by atoms with Crippen LogP contribution in [0.15, 0.2) is 24.3 Å². The van der Waals surface area contributed by atoms with E-state index in [1.807, 2.05) is 12.1 Å². The Bertz CT molecular complexity index is 592. The van der Waals surface area contributed by atoms with E-state index in [0.717, 1.165) is 25.7 Å². The lowest BCUT2D eigenvalue weighted by Gasteiger charge is -2.28. The third-order valence-electron chi connectivity index (χ3n) is 4.24. The molecule has 4 N–H and O–H groups in total. The Morgan fingerprint density at radius 1 is 1.08 bits per heavy atom. The van der Waals surface area contributed by atoms with E-state index in [2.05, 4.69) is 5.32 Å². The van der Waals surface area contributed by atoms with Gasteiger partial charge in [-0.2, -0.15) is 0 Å². The predicted octanol–water partition coefficient (Wildman–Crippen LogP) is 1.59. The molecule has 0 unspecified atom stereocenters. The van der Waals surface area contributed by atoms with Crippen molar-refractivity contribution in [3.05, 3.63) is 29.8 Å². The summed E-state index contributed by atoms with van der Waals surface area (Å²) >= 11 is 0. The smallest absolute Gasteiger partial charge is 0.323 e. The summed E-state index contributed by atoms with van der Waals surface area (Å²) in [5.41, 5.74) is 3.50. The summed E-state index contributed by atoms with van der Waals surface area (Å²) in [6.45, 7) is 1.80. The highest BCUT2D eigenvalue weighted by molar-refractivity contribution is 6.39. The van der Waals surface area contributed by atoms with Gasteiger partial charge in [-0.05, 0) is 49.3 Å². The first-order chi connectivity index (χ1) is 11.5. The van der Waals surface area contributed by atoms with E-state index in [1.165, 1.54) is 5.56 Å². The van der Waals surface area contributed by atoms with Gasteiger partial charge in [0.05, 0.1) is 0 Å². The van der Waals surface area contributed by atoms with Crippen LogP contribution >= 0.6 is 0 Å². The summed E-state index contributed by atoms with van der Waals surface area (Å²) in [6, 6.07) is 7.42. The molecule has 24 heavy (non-hydrogen) atoms. The molecule has 1 aliphatic rings. The lowest BCUT2D eigenvalue weighted by molar-refractivity contribution is -0.150. The molecule has 0 heterocycles. The second-order valence-electron chi connectivity index (χ2n) is 5.87. The third-order valence-corrected chi connectivity index (χ3v) is 4.24. The van der Waals surface area contributed by atoms with E-state index in [4.69, 9.17) is 10.6 Å². The zero-order valence-corrected chi connectivity index (χ0v) is 13.7. The van der Waals surface area contributed by atoms with Gasteiger partial charge in [0.1, 0.15) is 6.10 Å². The minimum absolute atomic E-state index is 0.0297. The minimum Gasteiger partial charge on any atom is -0.462 e. The molecule has 7 heteroatoms. The number of amides is 2. The Morgan fingerprint density at radius 3 is 2.25 bits per heavy atom. The number of nitrogens with two attached hydrogens (primary N) is 1. The molecular formula is C17H23N3O4. The van der Waals surface area contributed by atoms with Gasteiger partial charge in [0.25, 0.3) is 0 Å². The second-order valence-corrected chi connectivity index (χ2v) is 5.87. The number of hydrazine groups is 1. The number of anilines is 1. The summed E-state index contributed by atoms with van der Waals surface area (Å²) in [5, 5.41) is 2.47. The van der Waals surface area contributed by atoms with Crippen LogP contribution < -0.4 is 16.6 Å². The highest BCUT2D eigenvalue weighted by atomic mass is 16.5. The largest absolute Gasteiger partial charge is 0.462 e. The Kier molecular flexibility index (Phi) is 6.31. The SMILES string of the molecule is CCC(=O)OC1CCC(c2ccc(NC(=O)C(=O)NN)cc2)CC1. The summed E-state index contributed by atoms with van der Waals surface area (Å²) < 4.78 is 5.39. The number of hydrogen-bond acceptors (Lipinski definition) is 5. The van der Waals surface area contributed by atoms with Gasteiger partial charge in [-0.15, -0.1) is 0 Å². The standard InChI is InChI=1S/C17H23N3O4/c1-2-15(21)24-14-9-5-12(6-10-14)11-3-7-13(8-4-11)19-16(22)17(23)20-18/h3-4,7-8,12,14H,2,5-6,9-10,18H2,1H3,(H,19,22)(H,20,23). The molecular weight excluding hydrogens is 310 g/mol. The zero-order valence-electron chi connectivity index (χ0n) is 13.7. The molecule has 0 bridgehead atoms. The van der Waals surface area contributed by atoms with Crippen LogP contribution in [-0.2, 0) is 19.1 Å². The normalized spacial score (nSPS) is 20.1. The van der Waals surface area contributed by atoms with Crippen LogP contribution in [0.25, 0.3) is 0 Å². The molecule has 2 amide bonds. The first-order valence-corrected chi connectivity index (χ1v) is 8.14. The van der Waals surface area contributed by atoms with Crippen molar-refractivity contribution in [2.45, 2.75) is 51.0 Å². The maximum absolute atomic E-state index is 11.4. The number of rotatable bonds is 4. The second kappa shape index (κ2) is 8.44. The monoisotopic (exact) mass is 333 g/mol. The van der Waals surface area contributed by atoms with Gasteiger partial charge < -0.3 is 10.1 Å². The molecule has 0 aliphatic heterocycles. The van der Waals surface area contributed by atoms with Gasteiger partial charge in [-0.3, -0.25) is 19.8 Å². The molecule has 1 aliphatic carbocycles. The van der Waals surface area contributed by atoms with E-state index < -0.39 is 11.8 Å². The van der Waals surface area contributed by atoms with Crippen molar-refractivity contribution in [2.24, 2.45) is 5.84 Å². The molecule has 0 atom stereocenters. The van der Waals surface area contributed by atoms with Crippen molar-refractivity contribution >= 4 is 23.5 Å². The minimum atomic E-state index is -0.890. The van der Waals surface area contributed by atoms with Crippen molar-refractivity contribution < 1.29 is 19.1 Å². The van der Waals surface area contributed by atoms with Crippen molar-refractivity contribution in [2.75, 3.05) is 5.32 Å². The van der Waals surface area contributed by atoms with Crippen LogP contribution in [0.1, 0.15) is 50.5 Å². The Morgan fingerprint density at radius 2 is 1.71 bits per heavy atom. The Hall–Kier alpha value is -2.41. The number of hydrogen-bond donors (Lipinski definition) is 3. The summed E-state index contributed by atoms with van der Waals surface area (Å²) in [5.74, 6) is 3.49. The molecule has 130 valence electrons. The van der Waals surface area contributed by atoms with E-state index >= 15 is 0 Å². The first kappa shape index (κ1) is 17.9. The first-order valence-electron chi connectivity index (χ1n) is 8.14. The van der Waals surface area contributed by atoms with Crippen LogP contribution in [0.3, 0.4) is 0 Å². The van der Waals surface area contributed by atoms with Crippen molar-refractivity contribution in [3.63, 3.8) is 0 Å². The van der Waals surface area contributed by atoms with Crippen LogP contribution in [0.5, 0.6) is 0 Å². The predicted molar refractivity (Wildman–Crippen MR) is 88.8 cm³/mol. The molecule has 1 fully saturated rings. The number of benzene rings is 1. The van der Waals surface area contributed by atoms with Crippen LogP contribution in [0, 0.1) is 0 Å². The lowest BCUT2D eigenvalue weighted by atomic mass is 9.82. The average molecular weight is 333 g/mol. The van der Waals surface area contributed by atoms with Crippen LogP contribution in [-0.4, -0.2) is 23.9 Å². The highest BCUT2D eigenvalue weighted by Crippen LogP contribution is 2.34. The third kappa shape index (κ3) is 4.79. The number of esters is 1. The van der Waals surface area contributed by atoms with E-state index in [-0.39, 0.29) is 12.1 Å². The molecule has 0 saturated heterocycles. The maximum Gasteiger partial charge on any atom is 0.323 e. The van der Waals surface area contributed by atoms with Crippen molar-refractivity contribution in [1.82, 2.24) is 5.43 Å². The van der Waals surface area contributed by atoms with Gasteiger partial charge in [0, 0.05) is 12.1 Å². The molecule has 1 saturated carbocycles. The lowest BCUT2D eigenvalue weighted by Crippen LogP contribution is -2.39. The molecule has 0 radical (unpaired) electrons. The highest BCUT2D eigenvalue weighted by Gasteiger charge is 2.24. The van der Waals surface area contributed by atoms with E-state index in [1.54, 1.807) is 24.5 Å². The molecule has 1 aromatic rings. The number of ether oxygens (including phenoxy) is 1. The summed E-state index contributed by atoms with van der Waals surface area (Å²) in [7, 11) is 0. The fourth-order valence-corrected chi connectivity index (χ4v) is 2.88. The zero-order chi connectivity index (χ0) is 17.5. The van der Waals surface area contributed by atoms with Crippen LogP contribution in [0.2, 0.25) is 0 Å². The number of carbonyl (C=O) groups excluding carboxylic acids is 3. The van der Waals surface area contributed by atoms with E-state index in [0.29, 0.717) is 18.0 Å². The molecule has 0 aromatic heterocycles. The topological polar surface area (TPSA) is 111 Å². The fraction of sp³-hybridized carbons (Fsp3) is 0.471. The molecule has 2 rings (SSSR count). The van der Waals surface area contributed by atoms with Gasteiger partial charge in [0.15, 0.2) is 0 Å². The average Bonchev–Trinajstić information content (AvgIpc) is 2.62. The Balaban J connectivity index is 1.87. The van der Waals surface area contributed by atoms with E-state index in [9.17, 15) is 14.4 Å². The maximum atomic E-state index is 11.4. The van der Waals surface area contributed by atoms with Crippen LogP contribution in [0.4, 0.5) is 5.69 Å². The van der Waals surface area contributed by atoms with Gasteiger partial charge >= 0.3 is 17.8 Å².